The molecule has 0 unspecified atom stereocenters. The highest BCUT2D eigenvalue weighted by Crippen LogP contribution is 2.23. The third-order valence-corrected chi connectivity index (χ3v) is 5.12. The van der Waals surface area contributed by atoms with Crippen LogP contribution in [0.4, 0.5) is 5.82 Å². The summed E-state index contributed by atoms with van der Waals surface area (Å²) in [5, 5.41) is 12.3. The van der Waals surface area contributed by atoms with Crippen LogP contribution >= 0.6 is 0 Å². The number of nitriles is 1. The summed E-state index contributed by atoms with van der Waals surface area (Å²) in [7, 11) is 0. The van der Waals surface area contributed by atoms with Gasteiger partial charge in [-0.3, -0.25) is 4.79 Å². The molecule has 27 heavy (non-hydrogen) atoms. The lowest BCUT2D eigenvalue weighted by atomic mass is 9.96. The Morgan fingerprint density at radius 3 is 2.70 bits per heavy atom. The third kappa shape index (κ3) is 5.55. The van der Waals surface area contributed by atoms with Crippen LogP contribution in [0.25, 0.3) is 0 Å². The van der Waals surface area contributed by atoms with Gasteiger partial charge in [-0.1, -0.05) is 30.3 Å². The van der Waals surface area contributed by atoms with Crippen LogP contribution in [0.2, 0.25) is 0 Å². The van der Waals surface area contributed by atoms with Gasteiger partial charge in [0.2, 0.25) is 5.91 Å². The second-order valence-corrected chi connectivity index (χ2v) is 7.06. The molecular weight excluding hydrogens is 336 g/mol. The van der Waals surface area contributed by atoms with Crippen LogP contribution in [-0.4, -0.2) is 30.5 Å². The minimum atomic E-state index is 0.143. The topological polar surface area (TPSA) is 69.0 Å². The van der Waals surface area contributed by atoms with Gasteiger partial charge in [-0.2, -0.15) is 5.26 Å². The Kier molecular flexibility index (Phi) is 6.81. The lowest BCUT2D eigenvalue weighted by Gasteiger charge is -2.33. The van der Waals surface area contributed by atoms with Gasteiger partial charge in [-0.15, -0.1) is 0 Å². The summed E-state index contributed by atoms with van der Waals surface area (Å²) in [6, 6.07) is 16.1. The van der Waals surface area contributed by atoms with Crippen LogP contribution in [0.15, 0.2) is 48.7 Å². The monoisotopic (exact) mass is 362 g/mol. The number of aromatic nitrogens is 1. The Balaban J connectivity index is 1.36. The molecule has 1 aromatic heterocycles. The summed E-state index contributed by atoms with van der Waals surface area (Å²) in [5.74, 6) is 1.42. The first kappa shape index (κ1) is 18.9. The van der Waals surface area contributed by atoms with Crippen LogP contribution in [0, 0.1) is 17.2 Å². The normalized spacial score (nSPS) is 14.6. The fourth-order valence-corrected chi connectivity index (χ4v) is 3.53. The molecule has 1 aromatic carbocycles. The molecule has 1 amide bonds. The van der Waals surface area contributed by atoms with Gasteiger partial charge in [0, 0.05) is 32.3 Å². The largest absolute Gasteiger partial charge is 0.356 e. The SMILES string of the molecule is N#Cc1cccnc1N1CCC(CNC(=O)CCCc2ccccc2)CC1. The number of hydrogen-bond donors (Lipinski definition) is 1. The lowest BCUT2D eigenvalue weighted by Crippen LogP contribution is -2.39. The van der Waals surface area contributed by atoms with Gasteiger partial charge in [0.1, 0.15) is 11.9 Å². The zero-order chi connectivity index (χ0) is 18.9. The maximum absolute atomic E-state index is 12.1. The predicted octanol–water partition coefficient (Wildman–Crippen LogP) is 3.31. The van der Waals surface area contributed by atoms with E-state index >= 15 is 0 Å². The summed E-state index contributed by atoms with van der Waals surface area (Å²) >= 11 is 0. The first-order valence-electron chi connectivity index (χ1n) is 9.67. The van der Waals surface area contributed by atoms with E-state index in [1.807, 2.05) is 24.3 Å². The molecule has 2 aromatic rings. The number of carbonyl (C=O) groups is 1. The fourth-order valence-electron chi connectivity index (χ4n) is 3.53. The van der Waals surface area contributed by atoms with Crippen molar-refractivity contribution < 1.29 is 4.79 Å². The molecule has 0 radical (unpaired) electrons. The van der Waals surface area contributed by atoms with Crippen molar-refractivity contribution in [2.45, 2.75) is 32.1 Å². The maximum atomic E-state index is 12.1. The van der Waals surface area contributed by atoms with Crippen molar-refractivity contribution in [1.82, 2.24) is 10.3 Å². The number of carbonyl (C=O) groups excluding carboxylic acids is 1. The van der Waals surface area contributed by atoms with Crippen molar-refractivity contribution in [3.05, 3.63) is 59.8 Å². The van der Waals surface area contributed by atoms with E-state index in [4.69, 9.17) is 0 Å². The highest BCUT2D eigenvalue weighted by Gasteiger charge is 2.22. The summed E-state index contributed by atoms with van der Waals surface area (Å²) in [6.45, 7) is 2.49. The minimum absolute atomic E-state index is 0.143. The van der Waals surface area contributed by atoms with Gasteiger partial charge in [-0.05, 0) is 49.3 Å². The van der Waals surface area contributed by atoms with E-state index in [2.05, 4.69) is 33.4 Å². The fraction of sp³-hybridized carbons (Fsp3) is 0.409. The highest BCUT2D eigenvalue weighted by atomic mass is 16.1. The molecule has 140 valence electrons. The van der Waals surface area contributed by atoms with Crippen LogP contribution < -0.4 is 10.2 Å². The predicted molar refractivity (Wildman–Crippen MR) is 106 cm³/mol. The van der Waals surface area contributed by atoms with Crippen molar-refractivity contribution in [2.75, 3.05) is 24.5 Å². The van der Waals surface area contributed by atoms with Crippen LogP contribution in [0.3, 0.4) is 0 Å². The zero-order valence-electron chi connectivity index (χ0n) is 15.6. The van der Waals surface area contributed by atoms with Gasteiger partial charge in [-0.25, -0.2) is 4.98 Å². The minimum Gasteiger partial charge on any atom is -0.356 e. The molecule has 2 heterocycles. The first-order valence-corrected chi connectivity index (χ1v) is 9.67. The van der Waals surface area contributed by atoms with E-state index in [0.29, 0.717) is 17.9 Å². The highest BCUT2D eigenvalue weighted by molar-refractivity contribution is 5.75. The Labute approximate surface area is 161 Å². The molecule has 0 bridgehead atoms. The van der Waals surface area contributed by atoms with E-state index in [1.54, 1.807) is 12.3 Å². The molecule has 5 nitrogen and oxygen atoms in total. The van der Waals surface area contributed by atoms with Crippen LogP contribution in [0.1, 0.15) is 36.8 Å². The van der Waals surface area contributed by atoms with Crippen molar-refractivity contribution in [2.24, 2.45) is 5.92 Å². The third-order valence-electron chi connectivity index (χ3n) is 5.12. The summed E-state index contributed by atoms with van der Waals surface area (Å²) in [6.07, 6.45) is 6.14. The molecule has 1 N–H and O–H groups in total. The summed E-state index contributed by atoms with van der Waals surface area (Å²) < 4.78 is 0. The number of anilines is 1. The first-order chi connectivity index (χ1) is 13.3. The average Bonchev–Trinajstić information content (AvgIpc) is 2.73. The van der Waals surface area contributed by atoms with Gasteiger partial charge in [0.25, 0.3) is 0 Å². The second kappa shape index (κ2) is 9.72. The molecule has 0 atom stereocenters. The standard InChI is InChI=1S/C22H26N4O/c23-16-20-9-5-13-24-22(20)26-14-11-19(12-15-26)17-25-21(27)10-4-8-18-6-2-1-3-7-18/h1-3,5-7,9,13,19H,4,8,10-12,14-15,17H2,(H,25,27). The van der Waals surface area contributed by atoms with Crippen LogP contribution in [0.5, 0.6) is 0 Å². The number of amides is 1. The van der Waals surface area contributed by atoms with Gasteiger partial charge >= 0.3 is 0 Å². The number of aryl methyl sites for hydroxylation is 1. The van der Waals surface area contributed by atoms with Gasteiger partial charge in [0.05, 0.1) is 5.56 Å². The molecule has 3 rings (SSSR count). The molecule has 1 saturated heterocycles. The molecule has 5 heteroatoms. The quantitative estimate of drug-likeness (QED) is 0.820. The maximum Gasteiger partial charge on any atom is 0.220 e. The smallest absolute Gasteiger partial charge is 0.220 e. The lowest BCUT2D eigenvalue weighted by molar-refractivity contribution is -0.121. The van der Waals surface area contributed by atoms with Crippen molar-refractivity contribution >= 4 is 11.7 Å². The molecular formula is C22H26N4O. The number of nitrogens with zero attached hydrogens (tertiary/aromatic N) is 3. The van der Waals surface area contributed by atoms with Crippen molar-refractivity contribution in [1.29, 1.82) is 5.26 Å². The Morgan fingerprint density at radius 1 is 1.19 bits per heavy atom. The number of benzene rings is 1. The Hall–Kier alpha value is -2.87. The number of nitrogens with one attached hydrogen (secondary N) is 1. The molecule has 0 spiro atoms. The summed E-state index contributed by atoms with van der Waals surface area (Å²) in [4.78, 5) is 18.6. The van der Waals surface area contributed by atoms with Gasteiger partial charge < -0.3 is 10.2 Å². The van der Waals surface area contributed by atoms with Gasteiger partial charge in [0.15, 0.2) is 0 Å². The molecule has 1 fully saturated rings. The van der Waals surface area contributed by atoms with Crippen molar-refractivity contribution in [3.8, 4) is 6.07 Å². The molecule has 1 aliphatic rings. The number of piperidine rings is 1. The zero-order valence-corrected chi connectivity index (χ0v) is 15.6. The molecule has 0 saturated carbocycles. The van der Waals surface area contributed by atoms with E-state index in [1.165, 1.54) is 5.56 Å². The van der Waals surface area contributed by atoms with E-state index in [0.717, 1.165) is 51.1 Å². The molecule has 0 aliphatic carbocycles. The molecule has 1 aliphatic heterocycles. The van der Waals surface area contributed by atoms with E-state index in [9.17, 15) is 10.1 Å². The summed E-state index contributed by atoms with van der Waals surface area (Å²) in [5.41, 5.74) is 1.91. The van der Waals surface area contributed by atoms with E-state index < -0.39 is 0 Å². The average molecular weight is 362 g/mol. The Morgan fingerprint density at radius 2 is 1.96 bits per heavy atom. The second-order valence-electron chi connectivity index (χ2n) is 7.06. The number of hydrogen-bond acceptors (Lipinski definition) is 4. The van der Waals surface area contributed by atoms with Crippen molar-refractivity contribution in [3.63, 3.8) is 0 Å². The number of rotatable bonds is 7. The van der Waals surface area contributed by atoms with E-state index in [-0.39, 0.29) is 5.91 Å². The van der Waals surface area contributed by atoms with Crippen LogP contribution in [-0.2, 0) is 11.2 Å². The number of pyridine rings is 1. The Bertz CT molecular complexity index is 776.